The van der Waals surface area contributed by atoms with E-state index in [0.717, 1.165) is 11.3 Å². The molecule has 0 atom stereocenters. The summed E-state index contributed by atoms with van der Waals surface area (Å²) in [5.74, 6) is -1.09. The Morgan fingerprint density at radius 2 is 2.22 bits per heavy atom. The quantitative estimate of drug-likeness (QED) is 0.873. The molecule has 0 saturated heterocycles. The van der Waals surface area contributed by atoms with Crippen molar-refractivity contribution in [3.05, 3.63) is 41.3 Å². The predicted octanol–water partition coefficient (Wildman–Crippen LogP) is 2.54. The van der Waals surface area contributed by atoms with Crippen LogP contribution >= 0.6 is 0 Å². The van der Waals surface area contributed by atoms with E-state index >= 15 is 0 Å². The lowest BCUT2D eigenvalue weighted by Crippen LogP contribution is -1.97. The number of aromatic amines is 1. The van der Waals surface area contributed by atoms with Gasteiger partial charge in [-0.2, -0.15) is 5.10 Å². The van der Waals surface area contributed by atoms with Crippen molar-refractivity contribution in [3.8, 4) is 11.3 Å². The van der Waals surface area contributed by atoms with Gasteiger partial charge in [0, 0.05) is 11.3 Å². The Bertz CT molecular complexity index is 578. The number of nitrogens with one attached hydrogen (secondary N) is 1. The molecule has 0 aliphatic heterocycles. The molecule has 0 amide bonds. The van der Waals surface area contributed by atoms with Crippen LogP contribution in [0.5, 0.6) is 0 Å². The van der Waals surface area contributed by atoms with E-state index in [1.54, 1.807) is 25.1 Å². The third kappa shape index (κ3) is 2.74. The summed E-state index contributed by atoms with van der Waals surface area (Å²) in [6.45, 7) is 1.69. The Morgan fingerprint density at radius 1 is 1.44 bits per heavy atom. The van der Waals surface area contributed by atoms with Gasteiger partial charge in [0.2, 0.25) is 0 Å². The zero-order chi connectivity index (χ0) is 13.1. The Hall–Kier alpha value is -2.17. The summed E-state index contributed by atoms with van der Waals surface area (Å²) < 4.78 is 13.1. The van der Waals surface area contributed by atoms with Gasteiger partial charge < -0.3 is 5.11 Å². The lowest BCUT2D eigenvalue weighted by Gasteiger charge is -1.99. The highest BCUT2D eigenvalue weighted by Gasteiger charge is 2.07. The Morgan fingerprint density at radius 3 is 2.89 bits per heavy atom. The predicted molar refractivity (Wildman–Crippen MR) is 64.7 cm³/mol. The third-order valence-corrected chi connectivity index (χ3v) is 2.69. The molecule has 0 fully saturated rings. The Labute approximate surface area is 103 Å². The molecular weight excluding hydrogens is 235 g/mol. The van der Waals surface area contributed by atoms with Gasteiger partial charge in [-0.1, -0.05) is 0 Å². The maximum atomic E-state index is 13.1. The normalized spacial score (nSPS) is 10.6. The number of halogens is 1. The number of aliphatic carboxylic acids is 1. The Balaban J connectivity index is 2.18. The first-order chi connectivity index (χ1) is 8.56. The molecule has 0 aliphatic rings. The van der Waals surface area contributed by atoms with E-state index in [9.17, 15) is 9.18 Å². The number of carboxylic acids is 1. The van der Waals surface area contributed by atoms with Gasteiger partial charge in [0.25, 0.3) is 0 Å². The first-order valence-electron chi connectivity index (χ1n) is 5.59. The molecule has 0 radical (unpaired) electrons. The minimum atomic E-state index is -0.844. The van der Waals surface area contributed by atoms with Crippen LogP contribution in [0.4, 0.5) is 4.39 Å². The van der Waals surface area contributed by atoms with Crippen molar-refractivity contribution >= 4 is 5.97 Å². The van der Waals surface area contributed by atoms with Gasteiger partial charge in [0.05, 0.1) is 12.1 Å². The fourth-order valence-electron chi connectivity index (χ4n) is 1.68. The number of hydrogen-bond donors (Lipinski definition) is 2. The molecule has 2 aromatic rings. The fourth-order valence-corrected chi connectivity index (χ4v) is 1.68. The number of benzene rings is 1. The summed E-state index contributed by atoms with van der Waals surface area (Å²) in [5, 5.41) is 15.5. The molecule has 1 aromatic heterocycles. The zero-order valence-electron chi connectivity index (χ0n) is 9.90. The van der Waals surface area contributed by atoms with Crippen molar-refractivity contribution < 1.29 is 14.3 Å². The highest BCUT2D eigenvalue weighted by Crippen LogP contribution is 2.20. The summed E-state index contributed by atoms with van der Waals surface area (Å²) in [6, 6.07) is 6.55. The second kappa shape index (κ2) is 5.00. The maximum Gasteiger partial charge on any atom is 0.303 e. The van der Waals surface area contributed by atoms with Gasteiger partial charge in [-0.15, -0.1) is 0 Å². The molecule has 1 aromatic carbocycles. The van der Waals surface area contributed by atoms with Crippen molar-refractivity contribution in [2.24, 2.45) is 0 Å². The topological polar surface area (TPSA) is 66.0 Å². The van der Waals surface area contributed by atoms with Crippen LogP contribution in [0.1, 0.15) is 17.7 Å². The van der Waals surface area contributed by atoms with Crippen LogP contribution in [0.2, 0.25) is 0 Å². The van der Waals surface area contributed by atoms with Gasteiger partial charge in [0.15, 0.2) is 0 Å². The number of nitrogens with zero attached hydrogens (tertiary/aromatic N) is 1. The van der Waals surface area contributed by atoms with Gasteiger partial charge >= 0.3 is 5.97 Å². The molecule has 0 saturated carbocycles. The monoisotopic (exact) mass is 248 g/mol. The van der Waals surface area contributed by atoms with Crippen LogP contribution in [0.15, 0.2) is 24.3 Å². The van der Waals surface area contributed by atoms with E-state index in [1.165, 1.54) is 6.07 Å². The standard InChI is InChI=1S/C13H13FN2O2/c1-8-6-9(2-4-11(8)14)12-7-10(15-16-12)3-5-13(17)18/h2,4,6-7H,3,5H2,1H3,(H,15,16)(H,17,18). The first-order valence-corrected chi connectivity index (χ1v) is 5.59. The van der Waals surface area contributed by atoms with Gasteiger partial charge in [-0.25, -0.2) is 4.39 Å². The van der Waals surface area contributed by atoms with Gasteiger partial charge in [0.1, 0.15) is 5.82 Å². The molecule has 2 N–H and O–H groups in total. The number of aryl methyl sites for hydroxylation is 2. The Kier molecular flexibility index (Phi) is 3.41. The number of H-pyrrole nitrogens is 1. The minimum absolute atomic E-state index is 0.0596. The van der Waals surface area contributed by atoms with Crippen LogP contribution in [-0.4, -0.2) is 21.3 Å². The molecule has 0 spiro atoms. The third-order valence-electron chi connectivity index (χ3n) is 2.69. The van der Waals surface area contributed by atoms with Crippen LogP contribution < -0.4 is 0 Å². The molecule has 0 bridgehead atoms. The lowest BCUT2D eigenvalue weighted by molar-refractivity contribution is -0.136. The zero-order valence-corrected chi connectivity index (χ0v) is 9.90. The molecule has 2 rings (SSSR count). The molecule has 0 unspecified atom stereocenters. The van der Waals surface area contributed by atoms with E-state index in [0.29, 0.717) is 17.7 Å². The smallest absolute Gasteiger partial charge is 0.303 e. The average Bonchev–Trinajstić information content (AvgIpc) is 2.79. The molecule has 0 aliphatic carbocycles. The van der Waals surface area contributed by atoms with Crippen molar-refractivity contribution in [2.75, 3.05) is 0 Å². The summed E-state index contributed by atoms with van der Waals surface area (Å²) in [6.07, 6.45) is 0.465. The fraction of sp³-hybridized carbons (Fsp3) is 0.231. The summed E-state index contributed by atoms with van der Waals surface area (Å²) >= 11 is 0. The van der Waals surface area contributed by atoms with Crippen molar-refractivity contribution in [1.29, 1.82) is 0 Å². The van der Waals surface area contributed by atoms with Crippen LogP contribution in [-0.2, 0) is 11.2 Å². The molecule has 18 heavy (non-hydrogen) atoms. The van der Waals surface area contributed by atoms with E-state index in [-0.39, 0.29) is 12.2 Å². The van der Waals surface area contributed by atoms with Gasteiger partial charge in [-0.3, -0.25) is 9.89 Å². The number of carbonyl (C=O) groups is 1. The van der Waals surface area contributed by atoms with Gasteiger partial charge in [-0.05, 0) is 43.2 Å². The largest absolute Gasteiger partial charge is 0.481 e. The van der Waals surface area contributed by atoms with Crippen LogP contribution in [0.25, 0.3) is 11.3 Å². The van der Waals surface area contributed by atoms with Crippen molar-refractivity contribution in [1.82, 2.24) is 10.2 Å². The molecule has 1 heterocycles. The molecule has 5 heteroatoms. The highest BCUT2D eigenvalue weighted by molar-refractivity contribution is 5.67. The minimum Gasteiger partial charge on any atom is -0.481 e. The molecular formula is C13H13FN2O2. The lowest BCUT2D eigenvalue weighted by atomic mass is 10.1. The second-order valence-electron chi connectivity index (χ2n) is 4.14. The molecule has 94 valence electrons. The van der Waals surface area contributed by atoms with E-state index in [4.69, 9.17) is 5.11 Å². The average molecular weight is 248 g/mol. The van der Waals surface area contributed by atoms with Crippen molar-refractivity contribution in [2.45, 2.75) is 19.8 Å². The number of carboxylic acid groups (broad SMARTS) is 1. The van der Waals surface area contributed by atoms with E-state index in [2.05, 4.69) is 10.2 Å². The second-order valence-corrected chi connectivity index (χ2v) is 4.14. The number of rotatable bonds is 4. The summed E-state index contributed by atoms with van der Waals surface area (Å²) in [4.78, 5) is 10.5. The van der Waals surface area contributed by atoms with E-state index in [1.807, 2.05) is 0 Å². The number of aromatic nitrogens is 2. The SMILES string of the molecule is Cc1cc(-c2cc(CCC(=O)O)[nH]n2)ccc1F. The highest BCUT2D eigenvalue weighted by atomic mass is 19.1. The summed E-state index contributed by atoms with van der Waals surface area (Å²) in [7, 11) is 0. The summed E-state index contributed by atoms with van der Waals surface area (Å²) in [5.41, 5.74) is 2.82. The van der Waals surface area contributed by atoms with Crippen molar-refractivity contribution in [3.63, 3.8) is 0 Å². The first kappa shape index (κ1) is 12.3. The maximum absolute atomic E-state index is 13.1. The number of hydrogen-bond acceptors (Lipinski definition) is 2. The van der Waals surface area contributed by atoms with Crippen LogP contribution in [0.3, 0.4) is 0 Å². The molecule has 4 nitrogen and oxygen atoms in total. The van der Waals surface area contributed by atoms with Crippen LogP contribution in [0, 0.1) is 12.7 Å². The van der Waals surface area contributed by atoms with E-state index < -0.39 is 5.97 Å².